The first-order valence-corrected chi connectivity index (χ1v) is 7.80. The highest BCUT2D eigenvalue weighted by Crippen LogP contribution is 2.26. The van der Waals surface area contributed by atoms with Crippen molar-refractivity contribution in [1.82, 2.24) is 5.32 Å². The molecule has 8 heteroatoms. The van der Waals surface area contributed by atoms with E-state index in [9.17, 15) is 27.9 Å². The summed E-state index contributed by atoms with van der Waals surface area (Å²) in [7, 11) is 0. The van der Waals surface area contributed by atoms with Crippen molar-refractivity contribution in [1.29, 1.82) is 0 Å². The lowest BCUT2D eigenvalue weighted by atomic mass is 9.85. The van der Waals surface area contributed by atoms with E-state index in [1.165, 1.54) is 0 Å². The second kappa shape index (κ2) is 8.14. The molecule has 3 N–H and O–H groups in total. The van der Waals surface area contributed by atoms with Gasteiger partial charge in [0.15, 0.2) is 17.5 Å². The van der Waals surface area contributed by atoms with Crippen LogP contribution in [-0.2, 0) is 9.59 Å². The van der Waals surface area contributed by atoms with Crippen LogP contribution in [0.3, 0.4) is 0 Å². The van der Waals surface area contributed by atoms with Gasteiger partial charge in [-0.2, -0.15) is 0 Å². The van der Waals surface area contributed by atoms with Gasteiger partial charge in [-0.15, -0.1) is 0 Å². The van der Waals surface area contributed by atoms with Crippen LogP contribution in [0.5, 0.6) is 0 Å². The van der Waals surface area contributed by atoms with E-state index in [1.54, 1.807) is 0 Å². The zero-order valence-electron chi connectivity index (χ0n) is 12.9. The molecule has 2 amide bonds. The molecule has 0 saturated heterocycles. The second-order valence-electron chi connectivity index (χ2n) is 5.88. The van der Waals surface area contributed by atoms with Crippen molar-refractivity contribution < 1.29 is 27.9 Å². The SMILES string of the molecule is O=C(NC[C@@H](O)C1CCCCC1)C(=O)Nc1cc(F)c(F)c(F)c1. The normalized spacial score (nSPS) is 16.5. The highest BCUT2D eigenvalue weighted by atomic mass is 19.2. The van der Waals surface area contributed by atoms with Gasteiger partial charge in [0.25, 0.3) is 0 Å². The van der Waals surface area contributed by atoms with Gasteiger partial charge in [-0.3, -0.25) is 9.59 Å². The minimum atomic E-state index is -1.66. The van der Waals surface area contributed by atoms with E-state index < -0.39 is 35.4 Å². The maximum atomic E-state index is 13.1. The Morgan fingerprint density at radius 2 is 1.67 bits per heavy atom. The first-order chi connectivity index (χ1) is 11.4. The molecule has 1 atom stereocenters. The fraction of sp³-hybridized carbons (Fsp3) is 0.500. The molecule has 1 aromatic rings. The number of anilines is 1. The molecule has 0 aromatic heterocycles. The number of nitrogens with one attached hydrogen (secondary N) is 2. The van der Waals surface area contributed by atoms with Gasteiger partial charge >= 0.3 is 11.8 Å². The van der Waals surface area contributed by atoms with Crippen LogP contribution in [0, 0.1) is 23.4 Å². The summed E-state index contributed by atoms with van der Waals surface area (Å²) in [6.07, 6.45) is 4.18. The predicted octanol–water partition coefficient (Wildman–Crippen LogP) is 2.10. The summed E-state index contributed by atoms with van der Waals surface area (Å²) >= 11 is 0. The first kappa shape index (κ1) is 18.3. The molecular formula is C16H19F3N2O3. The number of aliphatic hydroxyl groups excluding tert-OH is 1. The fourth-order valence-electron chi connectivity index (χ4n) is 2.78. The Morgan fingerprint density at radius 1 is 1.08 bits per heavy atom. The van der Waals surface area contributed by atoms with Gasteiger partial charge in [-0.05, 0) is 18.8 Å². The zero-order chi connectivity index (χ0) is 17.7. The number of carbonyl (C=O) groups excluding carboxylic acids is 2. The molecule has 24 heavy (non-hydrogen) atoms. The summed E-state index contributed by atoms with van der Waals surface area (Å²) < 4.78 is 38.9. The van der Waals surface area contributed by atoms with E-state index in [2.05, 4.69) is 5.32 Å². The van der Waals surface area contributed by atoms with Gasteiger partial charge in [-0.1, -0.05) is 19.3 Å². The topological polar surface area (TPSA) is 78.4 Å². The number of hydrogen-bond acceptors (Lipinski definition) is 3. The number of benzene rings is 1. The van der Waals surface area contributed by atoms with E-state index in [0.29, 0.717) is 12.1 Å². The lowest BCUT2D eigenvalue weighted by molar-refractivity contribution is -0.136. The third-order valence-electron chi connectivity index (χ3n) is 4.11. The van der Waals surface area contributed by atoms with E-state index >= 15 is 0 Å². The number of rotatable bonds is 4. The monoisotopic (exact) mass is 344 g/mol. The van der Waals surface area contributed by atoms with Gasteiger partial charge in [-0.25, -0.2) is 13.2 Å². The maximum Gasteiger partial charge on any atom is 0.313 e. The molecule has 1 aliphatic carbocycles. The van der Waals surface area contributed by atoms with Crippen LogP contribution in [0.1, 0.15) is 32.1 Å². The van der Waals surface area contributed by atoms with Gasteiger partial charge in [0, 0.05) is 24.4 Å². The van der Waals surface area contributed by atoms with Crippen molar-refractivity contribution in [2.45, 2.75) is 38.2 Å². The average molecular weight is 344 g/mol. The van der Waals surface area contributed by atoms with E-state index in [0.717, 1.165) is 32.1 Å². The molecule has 0 radical (unpaired) electrons. The Bertz CT molecular complexity index is 596. The van der Waals surface area contributed by atoms with Crippen molar-refractivity contribution in [2.24, 2.45) is 5.92 Å². The molecule has 1 fully saturated rings. The average Bonchev–Trinajstić information content (AvgIpc) is 2.57. The van der Waals surface area contributed by atoms with Gasteiger partial charge < -0.3 is 15.7 Å². The highest BCUT2D eigenvalue weighted by molar-refractivity contribution is 6.39. The Hall–Kier alpha value is -2.09. The van der Waals surface area contributed by atoms with Crippen LogP contribution in [0.15, 0.2) is 12.1 Å². The minimum absolute atomic E-state index is 0.0803. The molecule has 0 spiro atoms. The van der Waals surface area contributed by atoms with Crippen LogP contribution >= 0.6 is 0 Å². The van der Waals surface area contributed by atoms with Crippen LogP contribution in [0.2, 0.25) is 0 Å². The zero-order valence-corrected chi connectivity index (χ0v) is 12.9. The van der Waals surface area contributed by atoms with Gasteiger partial charge in [0.05, 0.1) is 6.10 Å². The Kier molecular flexibility index (Phi) is 6.19. The predicted molar refractivity (Wildman–Crippen MR) is 80.5 cm³/mol. The molecule has 0 aliphatic heterocycles. The molecule has 1 aromatic carbocycles. The van der Waals surface area contributed by atoms with Crippen molar-refractivity contribution >= 4 is 17.5 Å². The number of aliphatic hydroxyl groups is 1. The molecule has 5 nitrogen and oxygen atoms in total. The van der Waals surface area contributed by atoms with Crippen LogP contribution < -0.4 is 10.6 Å². The molecule has 1 aliphatic rings. The molecule has 132 valence electrons. The van der Waals surface area contributed by atoms with E-state index in [4.69, 9.17) is 0 Å². The molecule has 0 unspecified atom stereocenters. The minimum Gasteiger partial charge on any atom is -0.391 e. The molecule has 1 saturated carbocycles. The first-order valence-electron chi connectivity index (χ1n) is 7.80. The van der Waals surface area contributed by atoms with Crippen LogP contribution in [0.4, 0.5) is 18.9 Å². The van der Waals surface area contributed by atoms with Gasteiger partial charge in [0.2, 0.25) is 0 Å². The number of hydrogen-bond donors (Lipinski definition) is 3. The van der Waals surface area contributed by atoms with E-state index in [1.807, 2.05) is 5.32 Å². The summed E-state index contributed by atoms with van der Waals surface area (Å²) in [5.41, 5.74) is -0.376. The number of amides is 2. The summed E-state index contributed by atoms with van der Waals surface area (Å²) in [4.78, 5) is 23.3. The third-order valence-corrected chi connectivity index (χ3v) is 4.11. The maximum absolute atomic E-state index is 13.1. The van der Waals surface area contributed by atoms with Crippen LogP contribution in [-0.4, -0.2) is 29.6 Å². The standard InChI is InChI=1S/C16H19F3N2O3/c17-11-6-10(7-12(18)14(11)19)21-16(24)15(23)20-8-13(22)9-4-2-1-3-5-9/h6-7,9,13,22H,1-5,8H2,(H,20,23)(H,21,24)/t13-/m1/s1. The number of carbonyl (C=O) groups is 2. The smallest absolute Gasteiger partial charge is 0.313 e. The quantitative estimate of drug-likeness (QED) is 0.578. The second-order valence-corrected chi connectivity index (χ2v) is 5.88. The fourth-order valence-corrected chi connectivity index (χ4v) is 2.78. The number of halogens is 3. The lowest BCUT2D eigenvalue weighted by Crippen LogP contribution is -2.42. The highest BCUT2D eigenvalue weighted by Gasteiger charge is 2.23. The van der Waals surface area contributed by atoms with Gasteiger partial charge in [0.1, 0.15) is 0 Å². The van der Waals surface area contributed by atoms with Crippen LogP contribution in [0.25, 0.3) is 0 Å². The molecular weight excluding hydrogens is 325 g/mol. The largest absolute Gasteiger partial charge is 0.391 e. The Labute approximate surface area is 137 Å². The third kappa shape index (κ3) is 4.70. The van der Waals surface area contributed by atoms with E-state index in [-0.39, 0.29) is 18.2 Å². The van der Waals surface area contributed by atoms with Crippen molar-refractivity contribution in [2.75, 3.05) is 11.9 Å². The molecule has 2 rings (SSSR count). The Balaban J connectivity index is 1.85. The van der Waals surface area contributed by atoms with Crippen molar-refractivity contribution in [3.05, 3.63) is 29.6 Å². The van der Waals surface area contributed by atoms with Crippen molar-refractivity contribution in [3.63, 3.8) is 0 Å². The van der Waals surface area contributed by atoms with Crippen molar-refractivity contribution in [3.8, 4) is 0 Å². The summed E-state index contributed by atoms with van der Waals surface area (Å²) in [6.45, 7) is -0.0803. The lowest BCUT2D eigenvalue weighted by Gasteiger charge is -2.26. The summed E-state index contributed by atoms with van der Waals surface area (Å²) in [5, 5.41) is 14.3. The Morgan fingerprint density at radius 3 is 2.25 bits per heavy atom. The summed E-state index contributed by atoms with van der Waals surface area (Å²) in [6, 6.07) is 1.14. The summed E-state index contributed by atoms with van der Waals surface area (Å²) in [5.74, 6) is -6.72. The molecule has 0 heterocycles. The molecule has 0 bridgehead atoms.